The van der Waals surface area contributed by atoms with Crippen molar-refractivity contribution in [2.75, 3.05) is 0 Å². The maximum absolute atomic E-state index is 2.26. The Morgan fingerprint density at radius 1 is 1.08 bits per heavy atom. The molecule has 0 fully saturated rings. The normalized spacial score (nSPS) is 10.8. The molecule has 0 saturated heterocycles. The van der Waals surface area contributed by atoms with E-state index in [0.29, 0.717) is 0 Å². The molecule has 1 aromatic rings. The number of hydrogen-bond donors (Lipinski definition) is 0. The minimum atomic E-state index is 1.15. The van der Waals surface area contributed by atoms with E-state index in [1.165, 1.54) is 5.56 Å². The Bertz CT molecular complexity index is 221. The van der Waals surface area contributed by atoms with Crippen LogP contribution in [0.5, 0.6) is 0 Å². The molecule has 0 spiro atoms. The summed E-state index contributed by atoms with van der Waals surface area (Å²) in [7, 11) is 0. The molecule has 0 aliphatic heterocycles. The molecule has 12 heavy (non-hydrogen) atoms. The van der Waals surface area contributed by atoms with Crippen LogP contribution in [0, 0.1) is 0 Å². The molecule has 0 aliphatic rings. The van der Waals surface area contributed by atoms with Crippen LogP contribution in [0.3, 0.4) is 0 Å². The van der Waals surface area contributed by atoms with Crippen LogP contribution in [-0.4, -0.2) is 0 Å². The van der Waals surface area contributed by atoms with Gasteiger partial charge in [0.1, 0.15) is 0 Å². The summed E-state index contributed by atoms with van der Waals surface area (Å²) >= 11 is 0. The van der Waals surface area contributed by atoms with E-state index in [4.69, 9.17) is 0 Å². The molecule has 0 unspecified atom stereocenters. The fourth-order valence-electron chi connectivity index (χ4n) is 1.18. The quantitative estimate of drug-likeness (QED) is 0.590. The van der Waals surface area contributed by atoms with Gasteiger partial charge in [0.25, 0.3) is 0 Å². The maximum atomic E-state index is 2.26. The highest BCUT2D eigenvalue weighted by Gasteiger charge is 1.86. The zero-order valence-corrected chi connectivity index (χ0v) is 7.66. The van der Waals surface area contributed by atoms with Gasteiger partial charge >= 0.3 is 0 Å². The Labute approximate surface area is 74.9 Å². The lowest BCUT2D eigenvalue weighted by atomic mass is 10.1. The number of hydrogen-bond acceptors (Lipinski definition) is 0. The first-order chi connectivity index (χ1) is 5.93. The minimum Gasteiger partial charge on any atom is -0.0888 e. The van der Waals surface area contributed by atoms with Crippen molar-refractivity contribution in [2.45, 2.75) is 26.2 Å². The maximum Gasteiger partial charge on any atom is -0.0244 e. The second kappa shape index (κ2) is 5.59. The van der Waals surface area contributed by atoms with Crippen molar-refractivity contribution < 1.29 is 0 Å². The fraction of sp³-hybridized carbons (Fsp3) is 0.333. The molecule has 0 radical (unpaired) electrons. The van der Waals surface area contributed by atoms with E-state index in [0.717, 1.165) is 19.3 Å². The number of benzene rings is 1. The minimum absolute atomic E-state index is 1.15. The molecule has 0 bridgehead atoms. The third-order valence-electron chi connectivity index (χ3n) is 1.84. The number of aryl methyl sites for hydroxylation is 1. The van der Waals surface area contributed by atoms with Crippen molar-refractivity contribution in [3.63, 3.8) is 0 Å². The average molecular weight is 160 g/mol. The van der Waals surface area contributed by atoms with Crippen LogP contribution in [0.1, 0.15) is 25.3 Å². The van der Waals surface area contributed by atoms with Gasteiger partial charge in [0.2, 0.25) is 0 Å². The molecule has 0 N–H and O–H groups in total. The first kappa shape index (κ1) is 9.05. The van der Waals surface area contributed by atoms with Crippen LogP contribution in [0.2, 0.25) is 0 Å². The van der Waals surface area contributed by atoms with E-state index in [2.05, 4.69) is 49.4 Å². The topological polar surface area (TPSA) is 0 Å². The Morgan fingerprint density at radius 2 is 1.83 bits per heavy atom. The number of rotatable bonds is 4. The van der Waals surface area contributed by atoms with Gasteiger partial charge in [-0.25, -0.2) is 0 Å². The summed E-state index contributed by atoms with van der Waals surface area (Å²) in [6.45, 7) is 2.17. The van der Waals surface area contributed by atoms with E-state index >= 15 is 0 Å². The zero-order valence-electron chi connectivity index (χ0n) is 7.66. The summed E-state index contributed by atoms with van der Waals surface area (Å²) in [5, 5.41) is 0. The largest absolute Gasteiger partial charge is 0.0888 e. The van der Waals surface area contributed by atoms with Crippen molar-refractivity contribution in [2.24, 2.45) is 0 Å². The second-order valence-corrected chi connectivity index (χ2v) is 2.90. The lowest BCUT2D eigenvalue weighted by Gasteiger charge is -1.95. The molecule has 0 nitrogen and oxygen atoms in total. The van der Waals surface area contributed by atoms with Crippen LogP contribution in [0.15, 0.2) is 42.5 Å². The summed E-state index contributed by atoms with van der Waals surface area (Å²) in [4.78, 5) is 0. The lowest BCUT2D eigenvalue weighted by Crippen LogP contribution is -1.80. The highest BCUT2D eigenvalue weighted by Crippen LogP contribution is 2.02. The highest BCUT2D eigenvalue weighted by molar-refractivity contribution is 5.15. The van der Waals surface area contributed by atoms with Crippen LogP contribution in [0.25, 0.3) is 0 Å². The van der Waals surface area contributed by atoms with Crippen LogP contribution in [-0.2, 0) is 6.42 Å². The van der Waals surface area contributed by atoms with Gasteiger partial charge in [0, 0.05) is 0 Å². The zero-order chi connectivity index (χ0) is 8.65. The Kier molecular flexibility index (Phi) is 4.22. The molecule has 0 heterocycles. The molecule has 0 aliphatic carbocycles. The summed E-state index contributed by atoms with van der Waals surface area (Å²) in [6.07, 6.45) is 7.96. The van der Waals surface area contributed by atoms with Crippen molar-refractivity contribution in [3.05, 3.63) is 48.0 Å². The molecule has 0 aromatic heterocycles. The summed E-state index contributed by atoms with van der Waals surface area (Å²) < 4.78 is 0. The molecule has 1 rings (SSSR count). The smallest absolute Gasteiger partial charge is 0.0244 e. The molecule has 0 heteroatoms. The van der Waals surface area contributed by atoms with E-state index in [1.807, 2.05) is 0 Å². The van der Waals surface area contributed by atoms with E-state index in [1.54, 1.807) is 0 Å². The summed E-state index contributed by atoms with van der Waals surface area (Å²) in [5.74, 6) is 0. The van der Waals surface area contributed by atoms with Gasteiger partial charge in [-0.1, -0.05) is 49.4 Å². The highest BCUT2D eigenvalue weighted by atomic mass is 13.9. The summed E-state index contributed by atoms with van der Waals surface area (Å²) in [6, 6.07) is 10.6. The monoisotopic (exact) mass is 160 g/mol. The van der Waals surface area contributed by atoms with E-state index < -0.39 is 0 Å². The van der Waals surface area contributed by atoms with Gasteiger partial charge in [-0.2, -0.15) is 0 Å². The predicted octanol–water partition coefficient (Wildman–Crippen LogP) is 3.59. The van der Waals surface area contributed by atoms with Gasteiger partial charge in [-0.3, -0.25) is 0 Å². The van der Waals surface area contributed by atoms with Crippen molar-refractivity contribution in [1.29, 1.82) is 0 Å². The van der Waals surface area contributed by atoms with E-state index in [9.17, 15) is 0 Å². The van der Waals surface area contributed by atoms with Crippen molar-refractivity contribution in [3.8, 4) is 0 Å². The molecular weight excluding hydrogens is 144 g/mol. The van der Waals surface area contributed by atoms with Crippen LogP contribution < -0.4 is 0 Å². The van der Waals surface area contributed by atoms with Gasteiger partial charge in [0.15, 0.2) is 0 Å². The standard InChI is InChI=1S/C12H16/c1-2-3-4-6-9-12-10-7-5-8-11-12/h3-5,7-8,10-11H,2,6,9H2,1H3/b4-3+. The van der Waals surface area contributed by atoms with Gasteiger partial charge in [-0.05, 0) is 24.8 Å². The first-order valence-corrected chi connectivity index (χ1v) is 4.62. The third-order valence-corrected chi connectivity index (χ3v) is 1.84. The second-order valence-electron chi connectivity index (χ2n) is 2.90. The first-order valence-electron chi connectivity index (χ1n) is 4.62. The Balaban J connectivity index is 2.29. The van der Waals surface area contributed by atoms with Crippen molar-refractivity contribution >= 4 is 0 Å². The fourth-order valence-corrected chi connectivity index (χ4v) is 1.18. The molecule has 1 aromatic carbocycles. The average Bonchev–Trinajstić information content (AvgIpc) is 2.14. The SMILES string of the molecule is CC/C=C/CCc1ccccc1. The third kappa shape index (κ3) is 3.38. The Morgan fingerprint density at radius 3 is 2.50 bits per heavy atom. The number of allylic oxidation sites excluding steroid dienone is 2. The lowest BCUT2D eigenvalue weighted by molar-refractivity contribution is 0.992. The Hall–Kier alpha value is -1.04. The predicted molar refractivity (Wildman–Crippen MR) is 54.2 cm³/mol. The molecule has 0 amide bonds. The van der Waals surface area contributed by atoms with Crippen LogP contribution in [0.4, 0.5) is 0 Å². The van der Waals surface area contributed by atoms with Gasteiger partial charge < -0.3 is 0 Å². The van der Waals surface area contributed by atoms with Crippen LogP contribution >= 0.6 is 0 Å². The van der Waals surface area contributed by atoms with Crippen molar-refractivity contribution in [1.82, 2.24) is 0 Å². The van der Waals surface area contributed by atoms with Gasteiger partial charge in [-0.15, -0.1) is 0 Å². The van der Waals surface area contributed by atoms with Gasteiger partial charge in [0.05, 0.1) is 0 Å². The molecule has 0 atom stereocenters. The molecule has 0 saturated carbocycles. The summed E-state index contributed by atoms with van der Waals surface area (Å²) in [5.41, 5.74) is 1.43. The van der Waals surface area contributed by atoms with E-state index in [-0.39, 0.29) is 0 Å². The molecule has 64 valence electrons. The molecular formula is C12H16.